The molecular weight excluding hydrogens is 218 g/mol. The Hall–Kier alpha value is -1.69. The molecule has 2 N–H and O–H groups in total. The van der Waals surface area contributed by atoms with E-state index in [9.17, 15) is 0 Å². The second-order valence-electron chi connectivity index (χ2n) is 4.62. The molecule has 0 aliphatic heterocycles. The molecule has 1 aliphatic carbocycles. The van der Waals surface area contributed by atoms with Gasteiger partial charge in [-0.1, -0.05) is 6.92 Å². The molecule has 89 valence electrons. The molecule has 6 nitrogen and oxygen atoms in total. The Morgan fingerprint density at radius 2 is 2.35 bits per heavy atom. The third-order valence-electron chi connectivity index (χ3n) is 3.54. The first-order valence-corrected chi connectivity index (χ1v) is 5.51. The summed E-state index contributed by atoms with van der Waals surface area (Å²) in [6.45, 7) is 2.85. The molecule has 0 saturated heterocycles. The van der Waals surface area contributed by atoms with Crippen molar-refractivity contribution in [3.05, 3.63) is 19.8 Å². The highest BCUT2D eigenvalue weighted by atomic mass is 16.5. The number of imidazole rings is 1. The number of nitrogen functional groups attached to an aromatic ring is 1. The van der Waals surface area contributed by atoms with Crippen molar-refractivity contribution in [3.63, 3.8) is 0 Å². The van der Waals surface area contributed by atoms with E-state index >= 15 is 0 Å². The van der Waals surface area contributed by atoms with E-state index in [0.717, 1.165) is 12.1 Å². The lowest BCUT2D eigenvalue weighted by Gasteiger charge is -2.15. The summed E-state index contributed by atoms with van der Waals surface area (Å²) in [6.07, 6.45) is 4.18. The number of rotatable bonds is 3. The van der Waals surface area contributed by atoms with Crippen LogP contribution in [0.5, 0.6) is 0 Å². The van der Waals surface area contributed by atoms with Gasteiger partial charge in [0.25, 0.3) is 0 Å². The zero-order chi connectivity index (χ0) is 12.0. The van der Waals surface area contributed by atoms with Crippen molar-refractivity contribution >= 4 is 17.0 Å². The number of hydrogen-bond acceptors (Lipinski definition) is 5. The van der Waals surface area contributed by atoms with Crippen LogP contribution < -0.4 is 5.73 Å². The van der Waals surface area contributed by atoms with Gasteiger partial charge in [0.15, 0.2) is 11.5 Å². The monoisotopic (exact) mass is 232 g/mol. The van der Waals surface area contributed by atoms with E-state index in [-0.39, 0.29) is 5.60 Å². The van der Waals surface area contributed by atoms with E-state index < -0.39 is 0 Å². The molecule has 0 bridgehead atoms. The van der Waals surface area contributed by atoms with E-state index in [2.05, 4.69) is 29.0 Å². The molecule has 0 amide bonds. The first-order chi connectivity index (χ1) is 8.16. The zero-order valence-corrected chi connectivity index (χ0v) is 9.63. The van der Waals surface area contributed by atoms with Crippen molar-refractivity contribution in [2.75, 3.05) is 5.73 Å². The summed E-state index contributed by atoms with van der Waals surface area (Å²) in [6, 6.07) is 0. The van der Waals surface area contributed by atoms with Crippen LogP contribution in [0.25, 0.3) is 11.2 Å². The molecule has 17 heavy (non-hydrogen) atoms. The molecule has 2 unspecified atom stereocenters. The molecule has 0 aromatic carbocycles. The van der Waals surface area contributed by atoms with E-state index in [1.54, 1.807) is 6.33 Å². The SMILES string of the molecule is [CH2]OC1(Cn2cnc3c(N)ncnc32)CC1C. The van der Waals surface area contributed by atoms with Gasteiger partial charge in [-0.3, -0.25) is 0 Å². The van der Waals surface area contributed by atoms with Gasteiger partial charge in [-0.2, -0.15) is 0 Å². The van der Waals surface area contributed by atoms with Crippen LogP contribution in [0.2, 0.25) is 0 Å². The number of anilines is 1. The second kappa shape index (κ2) is 3.40. The Morgan fingerprint density at radius 3 is 3.00 bits per heavy atom. The van der Waals surface area contributed by atoms with Gasteiger partial charge in [0.2, 0.25) is 0 Å². The van der Waals surface area contributed by atoms with Gasteiger partial charge in [-0.25, -0.2) is 15.0 Å². The minimum Gasteiger partial charge on any atom is -0.382 e. The molecule has 2 aromatic rings. The number of nitrogens with zero attached hydrogens (tertiary/aromatic N) is 4. The molecule has 2 heterocycles. The first kappa shape index (κ1) is 10.5. The Morgan fingerprint density at radius 1 is 1.59 bits per heavy atom. The molecule has 1 radical (unpaired) electrons. The van der Waals surface area contributed by atoms with Crippen molar-refractivity contribution in [1.82, 2.24) is 19.5 Å². The van der Waals surface area contributed by atoms with Crippen molar-refractivity contribution in [3.8, 4) is 0 Å². The lowest BCUT2D eigenvalue weighted by atomic mass is 10.2. The van der Waals surface area contributed by atoms with Crippen LogP contribution in [0.4, 0.5) is 5.82 Å². The predicted molar refractivity (Wildman–Crippen MR) is 62.7 cm³/mol. The highest BCUT2D eigenvalue weighted by Crippen LogP contribution is 2.47. The minimum atomic E-state index is -0.173. The highest BCUT2D eigenvalue weighted by Gasteiger charge is 2.52. The van der Waals surface area contributed by atoms with Crippen LogP contribution in [0.1, 0.15) is 13.3 Å². The lowest BCUT2D eigenvalue weighted by molar-refractivity contribution is 0.0844. The standard InChI is InChI=1S/C11H14N5O/c1-7-3-11(7,17-2)4-16-6-15-8-9(12)13-5-14-10(8)16/h5-7H,2-4H2,1H3,(H2,12,13,14). The fourth-order valence-electron chi connectivity index (χ4n) is 2.23. The molecular formula is C11H14N5O. The van der Waals surface area contributed by atoms with Gasteiger partial charge < -0.3 is 15.0 Å². The van der Waals surface area contributed by atoms with Gasteiger partial charge in [0.1, 0.15) is 11.8 Å². The quantitative estimate of drug-likeness (QED) is 0.853. The minimum absolute atomic E-state index is 0.173. The fraction of sp³-hybridized carbons (Fsp3) is 0.455. The largest absolute Gasteiger partial charge is 0.382 e. The Kier molecular flexibility index (Phi) is 2.09. The van der Waals surface area contributed by atoms with E-state index in [1.165, 1.54) is 6.33 Å². The maximum Gasteiger partial charge on any atom is 0.165 e. The maximum absolute atomic E-state index is 5.74. The van der Waals surface area contributed by atoms with Gasteiger partial charge >= 0.3 is 0 Å². The molecule has 2 aromatic heterocycles. The first-order valence-electron chi connectivity index (χ1n) is 5.51. The topological polar surface area (TPSA) is 78.9 Å². The number of aromatic nitrogens is 4. The summed E-state index contributed by atoms with van der Waals surface area (Å²) in [5, 5.41) is 0. The summed E-state index contributed by atoms with van der Waals surface area (Å²) < 4.78 is 7.29. The van der Waals surface area contributed by atoms with Crippen LogP contribution in [0.15, 0.2) is 12.7 Å². The predicted octanol–water partition coefficient (Wildman–Crippen LogP) is 0.995. The van der Waals surface area contributed by atoms with Crippen molar-refractivity contribution in [2.24, 2.45) is 5.92 Å². The van der Waals surface area contributed by atoms with Crippen molar-refractivity contribution in [2.45, 2.75) is 25.5 Å². The van der Waals surface area contributed by atoms with Crippen LogP contribution >= 0.6 is 0 Å². The number of nitrogens with two attached hydrogens (primary N) is 1. The van der Waals surface area contributed by atoms with Crippen LogP contribution in [0, 0.1) is 13.0 Å². The Balaban J connectivity index is 1.99. The van der Waals surface area contributed by atoms with Gasteiger partial charge in [-0.15, -0.1) is 0 Å². The lowest BCUT2D eigenvalue weighted by Crippen LogP contribution is -2.21. The van der Waals surface area contributed by atoms with Crippen LogP contribution in [-0.2, 0) is 11.3 Å². The summed E-state index contributed by atoms with van der Waals surface area (Å²) >= 11 is 0. The molecule has 1 aliphatic rings. The second-order valence-corrected chi connectivity index (χ2v) is 4.62. The van der Waals surface area contributed by atoms with E-state index in [0.29, 0.717) is 23.8 Å². The molecule has 2 atom stereocenters. The smallest absolute Gasteiger partial charge is 0.165 e. The van der Waals surface area contributed by atoms with Crippen LogP contribution in [0.3, 0.4) is 0 Å². The highest BCUT2D eigenvalue weighted by molar-refractivity contribution is 5.81. The molecule has 3 rings (SSSR count). The third kappa shape index (κ3) is 1.48. The normalized spacial score (nSPS) is 27.5. The molecule has 6 heteroatoms. The van der Waals surface area contributed by atoms with E-state index in [1.807, 2.05) is 4.57 Å². The van der Waals surface area contributed by atoms with Gasteiger partial charge in [0, 0.05) is 0 Å². The fourth-order valence-corrected chi connectivity index (χ4v) is 2.23. The molecule has 0 spiro atoms. The summed E-state index contributed by atoms with van der Waals surface area (Å²) in [4.78, 5) is 12.3. The molecule has 1 saturated carbocycles. The van der Waals surface area contributed by atoms with Crippen molar-refractivity contribution < 1.29 is 4.74 Å². The molecule has 1 fully saturated rings. The van der Waals surface area contributed by atoms with Gasteiger partial charge in [-0.05, 0) is 12.3 Å². The van der Waals surface area contributed by atoms with Gasteiger partial charge in [0.05, 0.1) is 25.6 Å². The summed E-state index contributed by atoms with van der Waals surface area (Å²) in [7, 11) is 3.56. The number of ether oxygens (including phenoxy) is 1. The third-order valence-corrected chi connectivity index (χ3v) is 3.54. The number of hydrogen-bond donors (Lipinski definition) is 1. The zero-order valence-electron chi connectivity index (χ0n) is 9.63. The summed E-state index contributed by atoms with van der Waals surface area (Å²) in [5.74, 6) is 0.916. The average molecular weight is 232 g/mol. The summed E-state index contributed by atoms with van der Waals surface area (Å²) in [5.41, 5.74) is 6.95. The maximum atomic E-state index is 5.74. The average Bonchev–Trinajstić information content (AvgIpc) is 2.78. The van der Waals surface area contributed by atoms with Crippen LogP contribution in [-0.4, -0.2) is 25.1 Å². The van der Waals surface area contributed by atoms with Crippen molar-refractivity contribution in [1.29, 1.82) is 0 Å². The Bertz CT molecular complexity index is 562. The van der Waals surface area contributed by atoms with E-state index in [4.69, 9.17) is 10.5 Å². The Labute approximate surface area is 98.8 Å². The number of fused-ring (bicyclic) bond motifs is 1.